The van der Waals surface area contributed by atoms with Crippen LogP contribution in [0.4, 0.5) is 0 Å². The highest BCUT2D eigenvalue weighted by molar-refractivity contribution is 7.89. The molecule has 1 aromatic rings. The number of rotatable bonds is 6. The molecule has 8 nitrogen and oxygen atoms in total. The van der Waals surface area contributed by atoms with Crippen LogP contribution < -0.4 is 10.7 Å². The summed E-state index contributed by atoms with van der Waals surface area (Å²) in [7, 11) is -3.47. The molecule has 9 heteroatoms. The number of sulfonamides is 1. The van der Waals surface area contributed by atoms with E-state index in [1.54, 1.807) is 36.9 Å². The first-order valence-electron chi connectivity index (χ1n) is 6.77. The van der Waals surface area contributed by atoms with Gasteiger partial charge in [0.05, 0.1) is 42.0 Å². The second-order valence-electron chi connectivity index (χ2n) is 4.64. The Morgan fingerprint density at radius 3 is 1.87 bits per heavy atom. The standard InChI is InChI=1S/C8H12N4.C6H8N2O2S/c1-7(3-9)5-11-12-6-8(2)4-10;7-8-11(9,10)6-4-2-1-3-5-6/h7-8H,5-6H2,1-2H3;1-5,8H,7H2. The summed E-state index contributed by atoms with van der Waals surface area (Å²) in [6.45, 7) is 4.42. The van der Waals surface area contributed by atoms with Crippen LogP contribution in [0.15, 0.2) is 45.5 Å². The van der Waals surface area contributed by atoms with Crippen molar-refractivity contribution in [3.8, 4) is 12.1 Å². The van der Waals surface area contributed by atoms with Crippen LogP contribution in [-0.4, -0.2) is 21.5 Å². The van der Waals surface area contributed by atoms with Gasteiger partial charge in [0.15, 0.2) is 0 Å². The van der Waals surface area contributed by atoms with E-state index < -0.39 is 10.0 Å². The van der Waals surface area contributed by atoms with Crippen molar-refractivity contribution in [1.29, 1.82) is 10.5 Å². The molecule has 124 valence electrons. The van der Waals surface area contributed by atoms with Gasteiger partial charge in [0.1, 0.15) is 0 Å². The van der Waals surface area contributed by atoms with Crippen molar-refractivity contribution >= 4 is 10.0 Å². The van der Waals surface area contributed by atoms with Crippen molar-refractivity contribution in [3.63, 3.8) is 0 Å². The minimum absolute atomic E-state index is 0.0915. The number of hydrazine groups is 1. The predicted octanol–water partition coefficient (Wildman–Crippen LogP) is 1.60. The molecule has 0 bridgehead atoms. The van der Waals surface area contributed by atoms with E-state index in [1.807, 2.05) is 12.1 Å². The maximum Gasteiger partial charge on any atom is 0.253 e. The molecule has 0 saturated carbocycles. The van der Waals surface area contributed by atoms with Gasteiger partial charge >= 0.3 is 0 Å². The third-order valence-corrected chi connectivity index (χ3v) is 3.66. The summed E-state index contributed by atoms with van der Waals surface area (Å²) in [5.74, 6) is 4.62. The highest BCUT2D eigenvalue weighted by atomic mass is 32.2. The molecule has 2 atom stereocenters. The summed E-state index contributed by atoms with van der Waals surface area (Å²) in [5, 5.41) is 24.3. The molecule has 0 aromatic heterocycles. The van der Waals surface area contributed by atoms with Gasteiger partial charge < -0.3 is 0 Å². The van der Waals surface area contributed by atoms with Crippen LogP contribution >= 0.6 is 0 Å². The summed E-state index contributed by atoms with van der Waals surface area (Å²) in [5.41, 5.74) is 0. The largest absolute Gasteiger partial charge is 0.257 e. The van der Waals surface area contributed by atoms with Gasteiger partial charge in [-0.15, -0.1) is 0 Å². The molecule has 0 fully saturated rings. The number of azo groups is 1. The average molecular weight is 336 g/mol. The quantitative estimate of drug-likeness (QED) is 0.460. The van der Waals surface area contributed by atoms with Gasteiger partial charge in [-0.2, -0.15) is 25.6 Å². The van der Waals surface area contributed by atoms with E-state index in [-0.39, 0.29) is 16.7 Å². The molecule has 1 rings (SSSR count). The number of hydrogen-bond donors (Lipinski definition) is 2. The zero-order chi connectivity index (χ0) is 17.7. The Balaban J connectivity index is 0.000000422. The SMILES string of the molecule is CC(C#N)CN=NCC(C)C#N.NNS(=O)(=O)c1ccccc1. The first-order chi connectivity index (χ1) is 10.9. The van der Waals surface area contributed by atoms with Gasteiger partial charge in [-0.3, -0.25) is 5.84 Å². The van der Waals surface area contributed by atoms with E-state index in [0.717, 1.165) is 0 Å². The summed E-state index contributed by atoms with van der Waals surface area (Å²) >= 11 is 0. The zero-order valence-corrected chi connectivity index (χ0v) is 13.9. The van der Waals surface area contributed by atoms with Crippen LogP contribution in [0.25, 0.3) is 0 Å². The van der Waals surface area contributed by atoms with Crippen LogP contribution in [0.3, 0.4) is 0 Å². The van der Waals surface area contributed by atoms with Crippen LogP contribution in [0, 0.1) is 34.5 Å². The molecular formula is C14H20N6O2S. The first kappa shape index (κ1) is 20.7. The Morgan fingerprint density at radius 2 is 1.52 bits per heavy atom. The van der Waals surface area contributed by atoms with E-state index in [4.69, 9.17) is 16.4 Å². The van der Waals surface area contributed by atoms with Gasteiger partial charge in [0, 0.05) is 0 Å². The van der Waals surface area contributed by atoms with Crippen molar-refractivity contribution in [1.82, 2.24) is 4.83 Å². The number of hydrogen-bond acceptors (Lipinski definition) is 7. The van der Waals surface area contributed by atoms with Crippen LogP contribution in [0.1, 0.15) is 13.8 Å². The van der Waals surface area contributed by atoms with Gasteiger partial charge in [-0.05, 0) is 26.0 Å². The summed E-state index contributed by atoms with van der Waals surface area (Å²) in [4.78, 5) is 1.90. The monoisotopic (exact) mass is 336 g/mol. The zero-order valence-electron chi connectivity index (χ0n) is 13.0. The number of benzene rings is 1. The van der Waals surface area contributed by atoms with Gasteiger partial charge in [0.2, 0.25) is 0 Å². The molecule has 0 aliphatic carbocycles. The fourth-order valence-corrected chi connectivity index (χ4v) is 1.76. The molecule has 0 heterocycles. The van der Waals surface area contributed by atoms with Gasteiger partial charge in [0.25, 0.3) is 10.0 Å². The molecule has 0 spiro atoms. The fourth-order valence-electron chi connectivity index (χ4n) is 1.11. The third kappa shape index (κ3) is 9.32. The fraction of sp³-hybridized carbons (Fsp3) is 0.429. The summed E-state index contributed by atoms with van der Waals surface area (Å²) in [6.07, 6.45) is 0. The lowest BCUT2D eigenvalue weighted by Gasteiger charge is -1.99. The maximum absolute atomic E-state index is 11.0. The predicted molar refractivity (Wildman–Crippen MR) is 85.1 cm³/mol. The van der Waals surface area contributed by atoms with E-state index in [0.29, 0.717) is 13.1 Å². The second-order valence-corrected chi connectivity index (χ2v) is 6.36. The van der Waals surface area contributed by atoms with Crippen molar-refractivity contribution in [3.05, 3.63) is 30.3 Å². The highest BCUT2D eigenvalue weighted by Gasteiger charge is 2.08. The molecule has 0 aliphatic heterocycles. The van der Waals surface area contributed by atoms with Gasteiger partial charge in [-0.1, -0.05) is 18.2 Å². The lowest BCUT2D eigenvalue weighted by molar-refractivity contribution is 0.584. The maximum atomic E-state index is 11.0. The number of nitrogens with zero attached hydrogens (tertiary/aromatic N) is 4. The molecule has 23 heavy (non-hydrogen) atoms. The minimum atomic E-state index is -3.47. The van der Waals surface area contributed by atoms with E-state index in [1.165, 1.54) is 12.1 Å². The number of nitrogens with two attached hydrogens (primary N) is 1. The minimum Gasteiger partial charge on any atom is -0.257 e. The summed E-state index contributed by atoms with van der Waals surface area (Å²) < 4.78 is 21.9. The Morgan fingerprint density at radius 1 is 1.09 bits per heavy atom. The number of nitriles is 2. The van der Waals surface area contributed by atoms with Crippen LogP contribution in [0.2, 0.25) is 0 Å². The Hall–Kier alpha value is -2.33. The van der Waals surface area contributed by atoms with E-state index in [2.05, 4.69) is 10.2 Å². The van der Waals surface area contributed by atoms with E-state index in [9.17, 15) is 8.42 Å². The second kappa shape index (κ2) is 11.3. The van der Waals surface area contributed by atoms with Crippen LogP contribution in [-0.2, 0) is 10.0 Å². The summed E-state index contributed by atoms with van der Waals surface area (Å²) in [6, 6.07) is 12.0. The lowest BCUT2D eigenvalue weighted by Crippen LogP contribution is -2.30. The molecule has 0 aliphatic rings. The topological polar surface area (TPSA) is 144 Å². The van der Waals surface area contributed by atoms with Gasteiger partial charge in [-0.25, -0.2) is 8.42 Å². The molecule has 3 N–H and O–H groups in total. The third-order valence-electron chi connectivity index (χ3n) is 2.46. The number of nitrogens with one attached hydrogen (secondary N) is 1. The molecule has 0 amide bonds. The first-order valence-corrected chi connectivity index (χ1v) is 8.25. The Labute approximate surface area is 136 Å². The molecule has 1 aromatic carbocycles. The van der Waals surface area contributed by atoms with Crippen molar-refractivity contribution in [2.75, 3.05) is 13.1 Å². The molecule has 2 unspecified atom stereocenters. The highest BCUT2D eigenvalue weighted by Crippen LogP contribution is 2.04. The van der Waals surface area contributed by atoms with E-state index >= 15 is 0 Å². The van der Waals surface area contributed by atoms with Crippen LogP contribution in [0.5, 0.6) is 0 Å². The average Bonchev–Trinajstić information content (AvgIpc) is 2.59. The van der Waals surface area contributed by atoms with Crippen molar-refractivity contribution in [2.45, 2.75) is 18.7 Å². The molecule has 0 saturated heterocycles. The lowest BCUT2D eigenvalue weighted by atomic mass is 10.2. The van der Waals surface area contributed by atoms with Crippen molar-refractivity contribution < 1.29 is 8.42 Å². The Kier molecular flexibility index (Phi) is 10.1. The molecule has 0 radical (unpaired) electrons. The Bertz CT molecular complexity index is 637. The molecular weight excluding hydrogens is 316 g/mol. The normalized spacial score (nSPS) is 13.3. The smallest absolute Gasteiger partial charge is 0.253 e. The van der Waals surface area contributed by atoms with Crippen molar-refractivity contribution in [2.24, 2.45) is 27.9 Å².